The third-order valence-corrected chi connectivity index (χ3v) is 3.71. The second kappa shape index (κ2) is 6.09. The lowest BCUT2D eigenvalue weighted by atomic mass is 10.1. The highest BCUT2D eigenvalue weighted by Crippen LogP contribution is 2.42. The molecule has 0 saturated heterocycles. The minimum atomic E-state index is -4.80. The summed E-state index contributed by atoms with van der Waals surface area (Å²) >= 11 is 0. The van der Waals surface area contributed by atoms with Crippen molar-refractivity contribution in [1.29, 1.82) is 0 Å². The number of hydrogen-bond donors (Lipinski definition) is 3. The van der Waals surface area contributed by atoms with E-state index in [2.05, 4.69) is 9.97 Å². The van der Waals surface area contributed by atoms with Crippen molar-refractivity contribution >= 4 is 18.7 Å². The number of ether oxygens (including phenoxy) is 1. The maximum atomic E-state index is 12.2. The van der Waals surface area contributed by atoms with Gasteiger partial charge in [-0.05, 0) is 24.3 Å². The van der Waals surface area contributed by atoms with Gasteiger partial charge in [-0.25, -0.2) is 9.55 Å². The molecular formula is C15H13N2O6P. The lowest BCUT2D eigenvalue weighted by Gasteiger charge is -2.13. The van der Waals surface area contributed by atoms with E-state index in [4.69, 9.17) is 19.0 Å². The SMILES string of the molecule is COc1ccc(-c2nc3ccccc3c(=O)[nH]2)c(OP(=O)(O)O)c1. The number of benzene rings is 2. The van der Waals surface area contributed by atoms with Crippen LogP contribution in [-0.4, -0.2) is 26.9 Å². The van der Waals surface area contributed by atoms with Gasteiger partial charge in [0, 0.05) is 6.07 Å². The van der Waals surface area contributed by atoms with Crippen LogP contribution in [0.4, 0.5) is 0 Å². The van der Waals surface area contributed by atoms with Crippen molar-refractivity contribution in [2.45, 2.75) is 0 Å². The summed E-state index contributed by atoms with van der Waals surface area (Å²) < 4.78 is 20.9. The molecule has 9 heteroatoms. The van der Waals surface area contributed by atoms with Crippen LogP contribution in [-0.2, 0) is 4.57 Å². The smallest absolute Gasteiger partial charge is 0.497 e. The molecule has 0 unspecified atom stereocenters. The van der Waals surface area contributed by atoms with Crippen LogP contribution in [0.5, 0.6) is 11.5 Å². The van der Waals surface area contributed by atoms with Gasteiger partial charge in [0.1, 0.15) is 17.3 Å². The molecule has 0 spiro atoms. The number of aromatic nitrogens is 2. The maximum absolute atomic E-state index is 12.2. The minimum absolute atomic E-state index is 0.129. The number of fused-ring (bicyclic) bond motifs is 1. The van der Waals surface area contributed by atoms with E-state index in [0.717, 1.165) is 0 Å². The van der Waals surface area contributed by atoms with Crippen LogP contribution in [0.25, 0.3) is 22.3 Å². The van der Waals surface area contributed by atoms with Crippen molar-refractivity contribution in [3.05, 3.63) is 52.8 Å². The summed E-state index contributed by atoms with van der Waals surface area (Å²) in [4.78, 5) is 37.3. The number of nitrogens with one attached hydrogen (secondary N) is 1. The molecule has 3 N–H and O–H groups in total. The zero-order chi connectivity index (χ0) is 17.3. The third-order valence-electron chi connectivity index (χ3n) is 3.27. The quantitative estimate of drug-likeness (QED) is 0.617. The lowest BCUT2D eigenvalue weighted by Crippen LogP contribution is -2.09. The van der Waals surface area contributed by atoms with Crippen molar-refractivity contribution in [1.82, 2.24) is 9.97 Å². The van der Waals surface area contributed by atoms with Gasteiger partial charge in [0.05, 0.1) is 23.6 Å². The first-order valence-corrected chi connectivity index (χ1v) is 8.33. The molecule has 1 aromatic heterocycles. The number of methoxy groups -OCH3 is 1. The fourth-order valence-corrected chi connectivity index (χ4v) is 2.65. The van der Waals surface area contributed by atoms with Gasteiger partial charge in [-0.1, -0.05) is 12.1 Å². The molecule has 124 valence electrons. The number of phosphoric acid groups is 1. The summed E-state index contributed by atoms with van der Waals surface area (Å²) in [6, 6.07) is 11.1. The number of nitrogens with zero attached hydrogens (tertiary/aromatic N) is 1. The molecule has 3 aromatic rings. The summed E-state index contributed by atoms with van der Waals surface area (Å²) in [5.74, 6) is 0.316. The standard InChI is InChI=1S/C15H13N2O6P/c1-22-9-6-7-11(13(8-9)23-24(19,20)21)14-16-12-5-3-2-4-10(12)15(18)17-14/h2-8H,1H3,(H,16,17,18)(H2,19,20,21). The number of H-pyrrole nitrogens is 1. The molecule has 0 bridgehead atoms. The first-order chi connectivity index (χ1) is 11.4. The van der Waals surface area contributed by atoms with E-state index in [1.807, 2.05) is 0 Å². The molecule has 24 heavy (non-hydrogen) atoms. The molecule has 0 saturated carbocycles. The van der Waals surface area contributed by atoms with Gasteiger partial charge in [-0.3, -0.25) is 14.6 Å². The highest BCUT2D eigenvalue weighted by atomic mass is 31.2. The van der Waals surface area contributed by atoms with Crippen molar-refractivity contribution in [3.63, 3.8) is 0 Å². The van der Waals surface area contributed by atoms with E-state index in [1.165, 1.54) is 19.2 Å². The molecule has 0 fully saturated rings. The van der Waals surface area contributed by atoms with E-state index in [-0.39, 0.29) is 22.7 Å². The first kappa shape index (κ1) is 16.2. The van der Waals surface area contributed by atoms with Crippen LogP contribution < -0.4 is 14.8 Å². The third kappa shape index (κ3) is 3.30. The fourth-order valence-electron chi connectivity index (χ4n) is 2.24. The Morgan fingerprint density at radius 3 is 2.62 bits per heavy atom. The van der Waals surface area contributed by atoms with Gasteiger partial charge in [0.15, 0.2) is 0 Å². The van der Waals surface area contributed by atoms with Crippen LogP contribution >= 0.6 is 7.82 Å². The first-order valence-electron chi connectivity index (χ1n) is 6.80. The van der Waals surface area contributed by atoms with E-state index in [0.29, 0.717) is 16.7 Å². The van der Waals surface area contributed by atoms with Crippen LogP contribution in [0.1, 0.15) is 0 Å². The van der Waals surface area contributed by atoms with Crippen molar-refractivity contribution in [2.24, 2.45) is 0 Å². The Kier molecular flexibility index (Phi) is 4.11. The molecule has 2 aromatic carbocycles. The molecule has 3 rings (SSSR count). The number of rotatable bonds is 4. The van der Waals surface area contributed by atoms with Gasteiger partial charge in [-0.2, -0.15) is 0 Å². The highest BCUT2D eigenvalue weighted by Gasteiger charge is 2.21. The predicted molar refractivity (Wildman–Crippen MR) is 87.0 cm³/mol. The van der Waals surface area contributed by atoms with Crippen LogP contribution in [0.3, 0.4) is 0 Å². The topological polar surface area (TPSA) is 122 Å². The lowest BCUT2D eigenvalue weighted by molar-refractivity contribution is 0.283. The molecule has 8 nitrogen and oxygen atoms in total. The van der Waals surface area contributed by atoms with Crippen molar-refractivity contribution in [2.75, 3.05) is 7.11 Å². The summed E-state index contributed by atoms with van der Waals surface area (Å²) in [6.07, 6.45) is 0. The monoisotopic (exact) mass is 348 g/mol. The van der Waals surface area contributed by atoms with Gasteiger partial charge in [0.25, 0.3) is 5.56 Å². The molecule has 1 heterocycles. The molecule has 0 aliphatic heterocycles. The molecule has 0 atom stereocenters. The van der Waals surface area contributed by atoms with Crippen LogP contribution in [0.15, 0.2) is 47.3 Å². The number of aromatic amines is 1. The molecule has 0 radical (unpaired) electrons. The summed E-state index contributed by atoms with van der Waals surface area (Å²) in [5.41, 5.74) is 0.310. The van der Waals surface area contributed by atoms with E-state index in [9.17, 15) is 9.36 Å². The molecule has 0 aliphatic rings. The number of hydrogen-bond acceptors (Lipinski definition) is 5. The van der Waals surface area contributed by atoms with Crippen molar-refractivity contribution < 1.29 is 23.6 Å². The van der Waals surface area contributed by atoms with E-state index in [1.54, 1.807) is 30.3 Å². The zero-order valence-corrected chi connectivity index (χ0v) is 13.4. The Hall–Kier alpha value is -2.67. The van der Waals surface area contributed by atoms with Crippen molar-refractivity contribution in [3.8, 4) is 22.9 Å². The molecule has 0 amide bonds. The fraction of sp³-hybridized carbons (Fsp3) is 0.0667. The Morgan fingerprint density at radius 2 is 1.92 bits per heavy atom. The highest BCUT2D eigenvalue weighted by molar-refractivity contribution is 7.46. The van der Waals surface area contributed by atoms with Crippen LogP contribution in [0, 0.1) is 0 Å². The zero-order valence-electron chi connectivity index (χ0n) is 12.5. The Labute approximate surface area is 136 Å². The number of phosphoric ester groups is 1. The minimum Gasteiger partial charge on any atom is -0.497 e. The average Bonchev–Trinajstić information content (AvgIpc) is 2.53. The van der Waals surface area contributed by atoms with Gasteiger partial charge in [0.2, 0.25) is 0 Å². The van der Waals surface area contributed by atoms with E-state index < -0.39 is 7.82 Å². The predicted octanol–water partition coefficient (Wildman–Crippen LogP) is 2.07. The number of para-hydroxylation sites is 1. The van der Waals surface area contributed by atoms with Gasteiger partial charge in [-0.15, -0.1) is 0 Å². The summed E-state index contributed by atoms with van der Waals surface area (Å²) in [5, 5.41) is 0.409. The normalized spacial score (nSPS) is 11.5. The molecular weight excluding hydrogens is 335 g/mol. The largest absolute Gasteiger partial charge is 0.524 e. The Bertz CT molecular complexity index is 1010. The Balaban J connectivity index is 2.22. The summed E-state index contributed by atoms with van der Waals surface area (Å²) in [7, 11) is -3.39. The Morgan fingerprint density at radius 1 is 1.17 bits per heavy atom. The second-order valence-electron chi connectivity index (χ2n) is 4.88. The van der Waals surface area contributed by atoms with E-state index >= 15 is 0 Å². The average molecular weight is 348 g/mol. The molecule has 0 aliphatic carbocycles. The van der Waals surface area contributed by atoms with Crippen LogP contribution in [0.2, 0.25) is 0 Å². The summed E-state index contributed by atoms with van der Waals surface area (Å²) in [6.45, 7) is 0. The second-order valence-corrected chi connectivity index (χ2v) is 6.04. The van der Waals surface area contributed by atoms with Gasteiger partial charge >= 0.3 is 7.82 Å². The maximum Gasteiger partial charge on any atom is 0.524 e. The van der Waals surface area contributed by atoms with Gasteiger partial charge < -0.3 is 14.2 Å².